The van der Waals surface area contributed by atoms with E-state index < -0.39 is 39.4 Å². The van der Waals surface area contributed by atoms with Gasteiger partial charge in [0.15, 0.2) is 0 Å². The quantitative estimate of drug-likeness (QED) is 0.429. The molecule has 0 saturated carbocycles. The number of ether oxygens (including phenoxy) is 1. The number of esters is 1. The normalized spacial score (nSPS) is 13.9. The summed E-state index contributed by atoms with van der Waals surface area (Å²) in [5.41, 5.74) is 1.77. The number of aryl methyl sites for hydroxylation is 1. The molecule has 2 N–H and O–H groups in total. The van der Waals surface area contributed by atoms with Gasteiger partial charge in [-0.1, -0.05) is 55.8 Å². The number of benzene rings is 2. The molecule has 0 aliphatic carbocycles. The van der Waals surface area contributed by atoms with Crippen molar-refractivity contribution >= 4 is 22.0 Å². The van der Waals surface area contributed by atoms with Crippen LogP contribution in [0.2, 0.25) is 0 Å². The van der Waals surface area contributed by atoms with E-state index in [2.05, 4.69) is 4.72 Å². The van der Waals surface area contributed by atoms with Crippen molar-refractivity contribution in [1.29, 1.82) is 0 Å². The van der Waals surface area contributed by atoms with Crippen LogP contribution in [0.3, 0.4) is 0 Å². The molecule has 0 fully saturated rings. The van der Waals surface area contributed by atoms with Gasteiger partial charge in [0.05, 0.1) is 16.7 Å². The SMILES string of the molecule is Cc1ccc(S(=O)(=O)NCc2ccc(CC(C(=O)OC(C)(C)C)[C@@H](CC(C)C)C(=O)O)cc2)cc1. The number of nitrogens with one attached hydrogen (secondary N) is 1. The third-order valence-electron chi connectivity index (χ3n) is 5.51. The van der Waals surface area contributed by atoms with Crippen molar-refractivity contribution in [3.8, 4) is 0 Å². The van der Waals surface area contributed by atoms with E-state index in [9.17, 15) is 23.1 Å². The predicted octanol–water partition coefficient (Wildman–Crippen LogP) is 4.72. The van der Waals surface area contributed by atoms with E-state index in [1.807, 2.05) is 20.8 Å². The van der Waals surface area contributed by atoms with E-state index in [1.165, 1.54) is 0 Å². The Kier molecular flexibility index (Phi) is 9.63. The second kappa shape index (κ2) is 11.8. The number of hydrogen-bond acceptors (Lipinski definition) is 5. The number of rotatable bonds is 11. The number of carbonyl (C=O) groups excluding carboxylic acids is 1. The molecule has 0 spiro atoms. The molecule has 0 radical (unpaired) electrons. The second-order valence-corrected chi connectivity index (χ2v) is 12.1. The highest BCUT2D eigenvalue weighted by Crippen LogP contribution is 2.28. The molecule has 0 bridgehead atoms. The van der Waals surface area contributed by atoms with E-state index in [0.717, 1.165) is 16.7 Å². The van der Waals surface area contributed by atoms with E-state index in [1.54, 1.807) is 69.3 Å². The molecule has 2 aromatic carbocycles. The minimum Gasteiger partial charge on any atom is -0.481 e. The second-order valence-electron chi connectivity index (χ2n) is 10.4. The summed E-state index contributed by atoms with van der Waals surface area (Å²) in [5, 5.41) is 9.84. The molecule has 8 heteroatoms. The maximum absolute atomic E-state index is 13.0. The Balaban J connectivity index is 2.16. The van der Waals surface area contributed by atoms with Gasteiger partial charge in [-0.2, -0.15) is 0 Å². The maximum atomic E-state index is 13.0. The summed E-state index contributed by atoms with van der Waals surface area (Å²) in [5.74, 6) is -3.15. The Hall–Kier alpha value is -2.71. The Labute approximate surface area is 209 Å². The van der Waals surface area contributed by atoms with E-state index in [-0.39, 0.29) is 23.8 Å². The van der Waals surface area contributed by atoms with Crippen molar-refractivity contribution in [2.75, 3.05) is 0 Å². The van der Waals surface area contributed by atoms with Gasteiger partial charge < -0.3 is 9.84 Å². The van der Waals surface area contributed by atoms with Gasteiger partial charge in [0, 0.05) is 6.54 Å². The van der Waals surface area contributed by atoms with Crippen molar-refractivity contribution < 1.29 is 27.9 Å². The van der Waals surface area contributed by atoms with Crippen molar-refractivity contribution in [1.82, 2.24) is 4.72 Å². The molecule has 2 atom stereocenters. The Bertz CT molecular complexity index is 1100. The standard InChI is InChI=1S/C27H37NO6S/c1-18(2)15-23(25(29)30)24(26(31)34-27(4,5)6)16-20-9-11-21(12-10-20)17-28-35(32,33)22-13-7-19(3)8-14-22/h7-14,18,23-24,28H,15-17H2,1-6H3,(H,29,30)/t23-,24?/m1/s1. The summed E-state index contributed by atoms with van der Waals surface area (Å²) in [7, 11) is -3.64. The van der Waals surface area contributed by atoms with Crippen molar-refractivity contribution in [3.63, 3.8) is 0 Å². The van der Waals surface area contributed by atoms with Gasteiger partial charge in [0.25, 0.3) is 0 Å². The van der Waals surface area contributed by atoms with Crippen LogP contribution in [0.5, 0.6) is 0 Å². The summed E-state index contributed by atoms with van der Waals surface area (Å²) < 4.78 is 33.2. The highest BCUT2D eigenvalue weighted by molar-refractivity contribution is 7.89. The molecule has 0 aromatic heterocycles. The molecule has 0 saturated heterocycles. The molecule has 192 valence electrons. The summed E-state index contributed by atoms with van der Waals surface area (Å²) >= 11 is 0. The Morgan fingerprint density at radius 3 is 1.97 bits per heavy atom. The third kappa shape index (κ3) is 9.11. The minimum atomic E-state index is -3.64. The van der Waals surface area contributed by atoms with Crippen molar-refractivity contribution in [2.45, 2.75) is 71.4 Å². The molecule has 7 nitrogen and oxygen atoms in total. The first-order valence-electron chi connectivity index (χ1n) is 11.8. The van der Waals surface area contributed by atoms with Crippen molar-refractivity contribution in [3.05, 3.63) is 65.2 Å². The average molecular weight is 504 g/mol. The molecule has 0 aliphatic heterocycles. The van der Waals surface area contributed by atoms with Crippen LogP contribution in [-0.4, -0.2) is 31.1 Å². The van der Waals surface area contributed by atoms with Gasteiger partial charge in [0.1, 0.15) is 5.60 Å². The fraction of sp³-hybridized carbons (Fsp3) is 0.481. The lowest BCUT2D eigenvalue weighted by molar-refractivity contribution is -0.167. The number of hydrogen-bond donors (Lipinski definition) is 2. The molecule has 0 aliphatic rings. The first-order chi connectivity index (χ1) is 16.2. The summed E-state index contributed by atoms with van der Waals surface area (Å²) in [6, 6.07) is 13.8. The lowest BCUT2D eigenvalue weighted by atomic mass is 9.81. The lowest BCUT2D eigenvalue weighted by Crippen LogP contribution is -2.37. The smallest absolute Gasteiger partial charge is 0.310 e. The zero-order valence-electron chi connectivity index (χ0n) is 21.4. The first kappa shape index (κ1) is 28.5. The van der Waals surface area contributed by atoms with Crippen LogP contribution in [0, 0.1) is 24.7 Å². The molecule has 1 unspecified atom stereocenters. The van der Waals surface area contributed by atoms with E-state index >= 15 is 0 Å². The highest BCUT2D eigenvalue weighted by atomic mass is 32.2. The summed E-state index contributed by atoms with van der Waals surface area (Å²) in [6.07, 6.45) is 0.575. The molecule has 0 amide bonds. The minimum absolute atomic E-state index is 0.102. The topological polar surface area (TPSA) is 110 Å². The number of carboxylic acids is 1. The monoisotopic (exact) mass is 503 g/mol. The number of aliphatic carboxylic acids is 1. The zero-order valence-corrected chi connectivity index (χ0v) is 22.2. The van der Waals surface area contributed by atoms with Gasteiger partial charge in [-0.25, -0.2) is 13.1 Å². The van der Waals surface area contributed by atoms with Crippen LogP contribution in [0.4, 0.5) is 0 Å². The fourth-order valence-electron chi connectivity index (χ4n) is 3.74. The fourth-order valence-corrected chi connectivity index (χ4v) is 4.76. The van der Waals surface area contributed by atoms with Crippen LogP contribution in [0.1, 0.15) is 57.7 Å². The first-order valence-corrected chi connectivity index (χ1v) is 13.3. The van der Waals surface area contributed by atoms with E-state index in [0.29, 0.717) is 6.42 Å². The maximum Gasteiger partial charge on any atom is 0.310 e. The predicted molar refractivity (Wildman–Crippen MR) is 135 cm³/mol. The van der Waals surface area contributed by atoms with Crippen molar-refractivity contribution in [2.24, 2.45) is 17.8 Å². The lowest BCUT2D eigenvalue weighted by Gasteiger charge is -2.28. The molecular formula is C27H37NO6S. The Morgan fingerprint density at radius 2 is 1.49 bits per heavy atom. The van der Waals surface area contributed by atoms with Crippen LogP contribution < -0.4 is 4.72 Å². The summed E-state index contributed by atoms with van der Waals surface area (Å²) in [4.78, 5) is 25.2. The average Bonchev–Trinajstić information content (AvgIpc) is 2.74. The molecule has 35 heavy (non-hydrogen) atoms. The third-order valence-corrected chi connectivity index (χ3v) is 6.93. The van der Waals surface area contributed by atoms with Gasteiger partial charge in [-0.3, -0.25) is 9.59 Å². The number of sulfonamides is 1. The molecule has 2 aromatic rings. The van der Waals surface area contributed by atoms with E-state index in [4.69, 9.17) is 4.74 Å². The summed E-state index contributed by atoms with van der Waals surface area (Å²) in [6.45, 7) is 11.1. The molecular weight excluding hydrogens is 466 g/mol. The molecule has 0 heterocycles. The number of carboxylic acid groups (broad SMARTS) is 1. The van der Waals surface area contributed by atoms with Crippen LogP contribution in [-0.2, 0) is 37.3 Å². The zero-order chi connectivity index (χ0) is 26.4. The largest absolute Gasteiger partial charge is 0.481 e. The van der Waals surface area contributed by atoms with Gasteiger partial charge in [-0.15, -0.1) is 0 Å². The van der Waals surface area contributed by atoms with Crippen LogP contribution >= 0.6 is 0 Å². The van der Waals surface area contributed by atoms with Crippen LogP contribution in [0.15, 0.2) is 53.4 Å². The van der Waals surface area contributed by atoms with Gasteiger partial charge in [0.2, 0.25) is 10.0 Å². The number of carbonyl (C=O) groups is 2. The highest BCUT2D eigenvalue weighted by Gasteiger charge is 2.37. The van der Waals surface area contributed by atoms with Gasteiger partial charge in [-0.05, 0) is 69.7 Å². The molecule has 2 rings (SSSR count). The Morgan fingerprint density at radius 1 is 0.943 bits per heavy atom. The van der Waals surface area contributed by atoms with Crippen LogP contribution in [0.25, 0.3) is 0 Å². The van der Waals surface area contributed by atoms with Gasteiger partial charge >= 0.3 is 11.9 Å².